The molecule has 0 bridgehead atoms. The second-order valence-corrected chi connectivity index (χ2v) is 2.76. The van der Waals surface area contributed by atoms with Crippen LogP contribution in [0.5, 0.6) is 0 Å². The van der Waals surface area contributed by atoms with Crippen LogP contribution in [0.25, 0.3) is 0 Å². The van der Waals surface area contributed by atoms with E-state index in [0.717, 1.165) is 11.1 Å². The average molecular weight is 162 g/mol. The highest BCUT2D eigenvalue weighted by Crippen LogP contribution is 2.07. The Morgan fingerprint density at radius 2 is 2.42 bits per heavy atom. The molecule has 12 heavy (non-hydrogen) atoms. The zero-order valence-electron chi connectivity index (χ0n) is 7.13. The van der Waals surface area contributed by atoms with Crippen molar-refractivity contribution in [1.29, 1.82) is 0 Å². The number of ketones is 1. The Hall–Kier alpha value is -1.15. The van der Waals surface area contributed by atoms with E-state index in [1.54, 1.807) is 6.92 Å². The molecule has 1 aromatic rings. The van der Waals surface area contributed by atoms with Crippen molar-refractivity contribution >= 4 is 5.78 Å². The van der Waals surface area contributed by atoms with Crippen LogP contribution in [0.2, 0.25) is 0 Å². The molecular weight excluding hydrogens is 150 g/mol. The summed E-state index contributed by atoms with van der Waals surface area (Å²) in [4.78, 5) is 10.8. The van der Waals surface area contributed by atoms with E-state index in [4.69, 9.17) is 5.73 Å². The average Bonchev–Trinajstić information content (AvgIpc) is 2.04. The van der Waals surface area contributed by atoms with Gasteiger partial charge in [-0.15, -0.1) is 0 Å². The van der Waals surface area contributed by atoms with Gasteiger partial charge in [-0.2, -0.15) is 0 Å². The fourth-order valence-electron chi connectivity index (χ4n) is 1.13. The van der Waals surface area contributed by atoms with E-state index in [0.29, 0.717) is 13.0 Å². The first kappa shape index (κ1) is 8.94. The first-order valence-electron chi connectivity index (χ1n) is 3.92. The van der Waals surface area contributed by atoms with Gasteiger partial charge >= 0.3 is 0 Å². The number of benzene rings is 1. The Kier molecular flexibility index (Phi) is 3.00. The van der Waals surface area contributed by atoms with Crippen molar-refractivity contribution in [2.24, 2.45) is 5.73 Å². The van der Waals surface area contributed by atoms with Gasteiger partial charge in [-0.1, -0.05) is 18.2 Å². The number of carbonyl (C=O) groups is 1. The molecular formula is C10H12NO. The second-order valence-electron chi connectivity index (χ2n) is 2.76. The lowest BCUT2D eigenvalue weighted by Crippen LogP contribution is -2.05. The molecule has 2 heteroatoms. The quantitative estimate of drug-likeness (QED) is 0.722. The molecule has 0 aliphatic carbocycles. The topological polar surface area (TPSA) is 43.1 Å². The zero-order chi connectivity index (χ0) is 8.97. The molecule has 1 radical (unpaired) electrons. The monoisotopic (exact) mass is 162 g/mol. The number of rotatable bonds is 3. The lowest BCUT2D eigenvalue weighted by Gasteiger charge is -2.03. The van der Waals surface area contributed by atoms with Gasteiger partial charge in [-0.05, 0) is 24.1 Å². The Bertz CT molecular complexity index is 281. The molecule has 2 N–H and O–H groups in total. The molecule has 0 saturated carbocycles. The summed E-state index contributed by atoms with van der Waals surface area (Å²) < 4.78 is 0. The van der Waals surface area contributed by atoms with Gasteiger partial charge in [0, 0.05) is 13.0 Å². The van der Waals surface area contributed by atoms with Crippen LogP contribution in [0.4, 0.5) is 0 Å². The van der Waals surface area contributed by atoms with Gasteiger partial charge in [-0.25, -0.2) is 0 Å². The minimum absolute atomic E-state index is 0.157. The summed E-state index contributed by atoms with van der Waals surface area (Å²) in [7, 11) is 0. The third-order valence-corrected chi connectivity index (χ3v) is 1.68. The Labute approximate surface area is 72.4 Å². The molecule has 63 valence electrons. The number of hydrogen-bond acceptors (Lipinski definition) is 2. The molecule has 1 rings (SSSR count). The number of carbonyl (C=O) groups excluding carboxylic acids is 1. The summed E-state index contributed by atoms with van der Waals surface area (Å²) in [6.07, 6.45) is 0.462. The largest absolute Gasteiger partial charge is 0.326 e. The van der Waals surface area contributed by atoms with Gasteiger partial charge in [0.15, 0.2) is 0 Å². The van der Waals surface area contributed by atoms with Crippen LogP contribution < -0.4 is 5.73 Å². The normalized spacial score (nSPS) is 9.83. The highest BCUT2D eigenvalue weighted by Gasteiger charge is 2.01. The van der Waals surface area contributed by atoms with Crippen molar-refractivity contribution in [3.05, 3.63) is 35.4 Å². The first-order valence-corrected chi connectivity index (χ1v) is 3.92. The third kappa shape index (κ3) is 2.17. The van der Waals surface area contributed by atoms with Crippen molar-refractivity contribution < 1.29 is 4.79 Å². The molecule has 0 atom stereocenters. The summed E-state index contributed by atoms with van der Waals surface area (Å²) >= 11 is 0. The highest BCUT2D eigenvalue weighted by atomic mass is 16.1. The lowest BCUT2D eigenvalue weighted by atomic mass is 10.0. The van der Waals surface area contributed by atoms with Gasteiger partial charge in [0.1, 0.15) is 5.78 Å². The molecule has 0 heterocycles. The summed E-state index contributed by atoms with van der Waals surface area (Å²) in [5.41, 5.74) is 7.41. The summed E-state index contributed by atoms with van der Waals surface area (Å²) in [6, 6.07) is 8.62. The van der Waals surface area contributed by atoms with Gasteiger partial charge in [0.2, 0.25) is 0 Å². The summed E-state index contributed by atoms with van der Waals surface area (Å²) in [6.45, 7) is 2.02. The SMILES string of the molecule is CC(=O)Cc1ccc[c]c1CN. The van der Waals surface area contributed by atoms with Crippen molar-refractivity contribution in [3.8, 4) is 0 Å². The molecule has 0 fully saturated rings. The summed E-state index contributed by atoms with van der Waals surface area (Å²) in [5.74, 6) is 0.157. The fourth-order valence-corrected chi connectivity index (χ4v) is 1.13. The lowest BCUT2D eigenvalue weighted by molar-refractivity contribution is -0.116. The van der Waals surface area contributed by atoms with E-state index in [-0.39, 0.29) is 5.78 Å². The molecule has 0 spiro atoms. The van der Waals surface area contributed by atoms with E-state index < -0.39 is 0 Å². The third-order valence-electron chi connectivity index (χ3n) is 1.68. The predicted molar refractivity (Wildman–Crippen MR) is 47.6 cm³/mol. The number of hydrogen-bond donors (Lipinski definition) is 1. The van der Waals surface area contributed by atoms with E-state index in [1.807, 2.05) is 18.2 Å². The second kappa shape index (κ2) is 4.02. The maximum Gasteiger partial charge on any atom is 0.134 e. The van der Waals surface area contributed by atoms with E-state index in [9.17, 15) is 4.79 Å². The van der Waals surface area contributed by atoms with Crippen LogP contribution >= 0.6 is 0 Å². The molecule has 0 aromatic heterocycles. The number of Topliss-reactive ketones (excluding diaryl/α,β-unsaturated/α-hetero) is 1. The van der Waals surface area contributed by atoms with Crippen LogP contribution in [-0.2, 0) is 17.8 Å². The van der Waals surface area contributed by atoms with Crippen molar-refractivity contribution in [3.63, 3.8) is 0 Å². The van der Waals surface area contributed by atoms with Gasteiger partial charge < -0.3 is 5.73 Å². The molecule has 0 amide bonds. The Balaban J connectivity index is 2.89. The molecule has 1 aromatic carbocycles. The van der Waals surface area contributed by atoms with Gasteiger partial charge in [0.25, 0.3) is 0 Å². The highest BCUT2D eigenvalue weighted by molar-refractivity contribution is 5.78. The van der Waals surface area contributed by atoms with Crippen LogP contribution in [0.1, 0.15) is 18.1 Å². The van der Waals surface area contributed by atoms with E-state index in [1.165, 1.54) is 0 Å². The van der Waals surface area contributed by atoms with Crippen LogP contribution in [0, 0.1) is 6.07 Å². The standard InChI is InChI=1S/C10H12NO/c1-8(12)6-9-4-2-3-5-10(9)7-11/h2-4H,6-7,11H2,1H3. The van der Waals surface area contributed by atoms with Crippen molar-refractivity contribution in [2.75, 3.05) is 0 Å². The Morgan fingerprint density at radius 1 is 1.67 bits per heavy atom. The van der Waals surface area contributed by atoms with E-state index in [2.05, 4.69) is 6.07 Å². The van der Waals surface area contributed by atoms with E-state index >= 15 is 0 Å². The van der Waals surface area contributed by atoms with Crippen LogP contribution in [-0.4, -0.2) is 5.78 Å². The van der Waals surface area contributed by atoms with Crippen LogP contribution in [0.3, 0.4) is 0 Å². The van der Waals surface area contributed by atoms with Gasteiger partial charge in [-0.3, -0.25) is 4.79 Å². The molecule has 0 unspecified atom stereocenters. The molecule has 0 saturated heterocycles. The summed E-state index contributed by atoms with van der Waals surface area (Å²) in [5, 5.41) is 0. The smallest absolute Gasteiger partial charge is 0.134 e. The fraction of sp³-hybridized carbons (Fsp3) is 0.300. The van der Waals surface area contributed by atoms with Gasteiger partial charge in [0.05, 0.1) is 0 Å². The number of nitrogens with two attached hydrogens (primary N) is 1. The maximum atomic E-state index is 10.8. The minimum Gasteiger partial charge on any atom is -0.326 e. The first-order chi connectivity index (χ1) is 5.74. The van der Waals surface area contributed by atoms with Crippen LogP contribution in [0.15, 0.2) is 18.2 Å². The minimum atomic E-state index is 0.157. The predicted octanol–water partition coefficient (Wildman–Crippen LogP) is 1.08. The molecule has 0 aliphatic heterocycles. The zero-order valence-corrected chi connectivity index (χ0v) is 7.13. The molecule has 0 aliphatic rings. The maximum absolute atomic E-state index is 10.8. The van der Waals surface area contributed by atoms with Crippen molar-refractivity contribution in [2.45, 2.75) is 19.9 Å². The Morgan fingerprint density at radius 3 is 3.00 bits per heavy atom. The molecule has 2 nitrogen and oxygen atoms in total. The van der Waals surface area contributed by atoms with Crippen molar-refractivity contribution in [1.82, 2.24) is 0 Å².